The summed E-state index contributed by atoms with van der Waals surface area (Å²) in [7, 11) is 0. The smallest absolute Gasteiger partial charge is 0.371 e. The van der Waals surface area contributed by atoms with Crippen molar-refractivity contribution < 1.29 is 18.0 Å². The van der Waals surface area contributed by atoms with Crippen LogP contribution in [0.15, 0.2) is 24.3 Å². The molecule has 1 atom stereocenters. The van der Waals surface area contributed by atoms with Crippen molar-refractivity contribution in [2.45, 2.75) is 37.9 Å². The van der Waals surface area contributed by atoms with Gasteiger partial charge in [-0.2, -0.15) is 13.2 Å². The normalized spacial score (nSPS) is 14.5. The average Bonchev–Trinajstić information content (AvgIpc) is 2.38. The predicted molar refractivity (Wildman–Crippen MR) is 75.6 cm³/mol. The molecule has 4 nitrogen and oxygen atoms in total. The molecule has 21 heavy (non-hydrogen) atoms. The fourth-order valence-electron chi connectivity index (χ4n) is 1.96. The van der Waals surface area contributed by atoms with Gasteiger partial charge in [-0.25, -0.2) is 0 Å². The molecule has 5 N–H and O–H groups in total. The highest BCUT2D eigenvalue weighted by Gasteiger charge is 2.33. The number of hydrogen-bond donors (Lipinski definition) is 3. The summed E-state index contributed by atoms with van der Waals surface area (Å²) in [5.74, 6) is -0.614. The summed E-state index contributed by atoms with van der Waals surface area (Å²) in [4.78, 5) is 11.6. The van der Waals surface area contributed by atoms with Crippen LogP contribution in [0.1, 0.15) is 31.7 Å². The van der Waals surface area contributed by atoms with Gasteiger partial charge in [-0.3, -0.25) is 4.79 Å². The summed E-state index contributed by atoms with van der Waals surface area (Å²) < 4.78 is 38.0. The van der Waals surface area contributed by atoms with E-state index in [4.69, 9.17) is 11.5 Å². The van der Waals surface area contributed by atoms with Gasteiger partial charge in [-0.05, 0) is 50.9 Å². The SMILES string of the molecule is C[C@@](CCCCN)(Nc1cccc(C(F)(F)F)c1)C(N)=O. The highest BCUT2D eigenvalue weighted by Crippen LogP contribution is 2.31. The van der Waals surface area contributed by atoms with Gasteiger partial charge < -0.3 is 16.8 Å². The summed E-state index contributed by atoms with van der Waals surface area (Å²) in [6.45, 7) is 2.06. The van der Waals surface area contributed by atoms with E-state index >= 15 is 0 Å². The molecule has 0 radical (unpaired) electrons. The Balaban J connectivity index is 2.91. The number of amides is 1. The number of carbonyl (C=O) groups excluding carboxylic acids is 1. The molecule has 0 aliphatic carbocycles. The highest BCUT2D eigenvalue weighted by atomic mass is 19.4. The van der Waals surface area contributed by atoms with Crippen molar-refractivity contribution in [3.8, 4) is 0 Å². The highest BCUT2D eigenvalue weighted by molar-refractivity contribution is 5.87. The summed E-state index contributed by atoms with van der Waals surface area (Å²) in [5.41, 5.74) is 9.08. The van der Waals surface area contributed by atoms with Crippen LogP contribution in [0.5, 0.6) is 0 Å². The van der Waals surface area contributed by atoms with Gasteiger partial charge in [0.2, 0.25) is 5.91 Å². The van der Waals surface area contributed by atoms with Gasteiger partial charge in [0.25, 0.3) is 0 Å². The van der Waals surface area contributed by atoms with Crippen LogP contribution in [0.2, 0.25) is 0 Å². The molecular formula is C14H20F3N3O. The van der Waals surface area contributed by atoms with Crippen LogP contribution in [0.4, 0.5) is 18.9 Å². The maximum Gasteiger partial charge on any atom is 0.416 e. The maximum atomic E-state index is 12.7. The number of rotatable bonds is 7. The number of primary amides is 1. The molecular weight excluding hydrogens is 283 g/mol. The first kappa shape index (κ1) is 17.3. The lowest BCUT2D eigenvalue weighted by Gasteiger charge is -2.29. The Labute approximate surface area is 121 Å². The number of nitrogens with two attached hydrogens (primary N) is 2. The molecule has 0 unspecified atom stereocenters. The number of nitrogens with one attached hydrogen (secondary N) is 1. The largest absolute Gasteiger partial charge is 0.416 e. The molecule has 0 spiro atoms. The summed E-state index contributed by atoms with van der Waals surface area (Å²) in [5, 5.41) is 2.81. The van der Waals surface area contributed by atoms with Crippen molar-refractivity contribution in [3.05, 3.63) is 29.8 Å². The van der Waals surface area contributed by atoms with Crippen molar-refractivity contribution in [2.75, 3.05) is 11.9 Å². The number of halogens is 3. The Morgan fingerprint density at radius 2 is 1.95 bits per heavy atom. The van der Waals surface area contributed by atoms with Crippen LogP contribution in [0.3, 0.4) is 0 Å². The predicted octanol–water partition coefficient (Wildman–Crippen LogP) is 2.49. The molecule has 0 saturated carbocycles. The molecule has 0 bridgehead atoms. The van der Waals surface area contributed by atoms with Gasteiger partial charge in [-0.15, -0.1) is 0 Å². The van der Waals surface area contributed by atoms with Gasteiger partial charge in [0.1, 0.15) is 5.54 Å². The van der Waals surface area contributed by atoms with Gasteiger partial charge in [-0.1, -0.05) is 6.07 Å². The number of unbranched alkanes of at least 4 members (excludes halogenated alkanes) is 1. The quantitative estimate of drug-likeness (QED) is 0.677. The topological polar surface area (TPSA) is 81.1 Å². The second kappa shape index (κ2) is 6.80. The summed E-state index contributed by atoms with van der Waals surface area (Å²) >= 11 is 0. The molecule has 1 aromatic rings. The molecule has 118 valence electrons. The van der Waals surface area contributed by atoms with E-state index in [0.29, 0.717) is 25.8 Å². The third-order valence-electron chi connectivity index (χ3n) is 3.28. The third kappa shape index (κ3) is 4.93. The Morgan fingerprint density at radius 1 is 1.29 bits per heavy atom. The van der Waals surface area contributed by atoms with E-state index in [2.05, 4.69) is 5.32 Å². The minimum Gasteiger partial charge on any atom is -0.371 e. The lowest BCUT2D eigenvalue weighted by molar-refractivity contribution is -0.137. The first-order valence-electron chi connectivity index (χ1n) is 6.64. The monoisotopic (exact) mass is 303 g/mol. The van der Waals surface area contributed by atoms with E-state index in [-0.39, 0.29) is 5.69 Å². The Hall–Kier alpha value is -1.76. The number of benzene rings is 1. The molecule has 0 saturated heterocycles. The van der Waals surface area contributed by atoms with E-state index < -0.39 is 23.2 Å². The Morgan fingerprint density at radius 3 is 2.48 bits per heavy atom. The number of carbonyl (C=O) groups is 1. The summed E-state index contributed by atoms with van der Waals surface area (Å²) in [6.07, 6.45) is -2.66. The van der Waals surface area contributed by atoms with E-state index in [9.17, 15) is 18.0 Å². The lowest BCUT2D eigenvalue weighted by Crippen LogP contribution is -2.48. The lowest BCUT2D eigenvalue weighted by atomic mass is 9.93. The van der Waals surface area contributed by atoms with Crippen molar-refractivity contribution >= 4 is 11.6 Å². The average molecular weight is 303 g/mol. The van der Waals surface area contributed by atoms with Crippen LogP contribution in [-0.4, -0.2) is 18.0 Å². The van der Waals surface area contributed by atoms with Gasteiger partial charge in [0.05, 0.1) is 5.56 Å². The van der Waals surface area contributed by atoms with Crippen molar-refractivity contribution in [3.63, 3.8) is 0 Å². The first-order valence-corrected chi connectivity index (χ1v) is 6.64. The number of alkyl halides is 3. The van der Waals surface area contributed by atoms with Gasteiger partial charge >= 0.3 is 6.18 Å². The molecule has 0 aliphatic rings. The second-order valence-electron chi connectivity index (χ2n) is 5.15. The fourth-order valence-corrected chi connectivity index (χ4v) is 1.96. The summed E-state index contributed by atoms with van der Waals surface area (Å²) in [6, 6.07) is 4.69. The zero-order valence-corrected chi connectivity index (χ0v) is 11.8. The Kier molecular flexibility index (Phi) is 5.60. The van der Waals surface area contributed by atoms with E-state index in [1.807, 2.05) is 0 Å². The zero-order chi connectivity index (χ0) is 16.1. The molecule has 0 heterocycles. The maximum absolute atomic E-state index is 12.7. The molecule has 1 rings (SSSR count). The zero-order valence-electron chi connectivity index (χ0n) is 11.8. The Bertz CT molecular complexity index is 491. The number of hydrogen-bond acceptors (Lipinski definition) is 3. The van der Waals surface area contributed by atoms with E-state index in [1.165, 1.54) is 12.1 Å². The van der Waals surface area contributed by atoms with Crippen LogP contribution in [-0.2, 0) is 11.0 Å². The fraction of sp³-hybridized carbons (Fsp3) is 0.500. The van der Waals surface area contributed by atoms with Crippen LogP contribution in [0, 0.1) is 0 Å². The molecule has 1 aromatic carbocycles. The van der Waals surface area contributed by atoms with Gasteiger partial charge in [0, 0.05) is 5.69 Å². The standard InChI is InChI=1S/C14H20F3N3O/c1-13(12(19)21,7-2-3-8-18)20-11-6-4-5-10(9-11)14(15,16)17/h4-6,9,20H,2-3,7-8,18H2,1H3,(H2,19,21)/t13-/m0/s1. The van der Waals surface area contributed by atoms with Crippen LogP contribution < -0.4 is 16.8 Å². The molecule has 0 fully saturated rings. The first-order chi connectivity index (χ1) is 9.69. The van der Waals surface area contributed by atoms with E-state index in [1.54, 1.807) is 6.92 Å². The molecule has 7 heteroatoms. The van der Waals surface area contributed by atoms with Crippen molar-refractivity contribution in [2.24, 2.45) is 11.5 Å². The molecule has 0 aromatic heterocycles. The molecule has 0 aliphatic heterocycles. The van der Waals surface area contributed by atoms with Crippen molar-refractivity contribution in [1.29, 1.82) is 0 Å². The second-order valence-corrected chi connectivity index (χ2v) is 5.15. The van der Waals surface area contributed by atoms with Crippen molar-refractivity contribution in [1.82, 2.24) is 0 Å². The van der Waals surface area contributed by atoms with Crippen LogP contribution in [0.25, 0.3) is 0 Å². The van der Waals surface area contributed by atoms with Crippen LogP contribution >= 0.6 is 0 Å². The van der Waals surface area contributed by atoms with Gasteiger partial charge in [0.15, 0.2) is 0 Å². The minimum atomic E-state index is -4.43. The molecule has 1 amide bonds. The minimum absolute atomic E-state index is 0.207. The van der Waals surface area contributed by atoms with E-state index in [0.717, 1.165) is 12.1 Å². The third-order valence-corrected chi connectivity index (χ3v) is 3.28. The number of anilines is 1.